The first-order chi connectivity index (χ1) is 8.59. The summed E-state index contributed by atoms with van der Waals surface area (Å²) in [5, 5.41) is 0. The van der Waals surface area contributed by atoms with Crippen LogP contribution in [0, 0.1) is 0 Å². The molecule has 0 radical (unpaired) electrons. The molecule has 1 atom stereocenters. The van der Waals surface area contributed by atoms with E-state index in [4.69, 9.17) is 18.0 Å². The lowest BCUT2D eigenvalue weighted by atomic mass is 10.2. The molecule has 2 N–H and O–H groups in total. The Kier molecular flexibility index (Phi) is 4.08. The van der Waals surface area contributed by atoms with E-state index in [1.165, 1.54) is 19.4 Å². The zero-order valence-corrected chi connectivity index (χ0v) is 11.7. The smallest absolute Gasteiger partial charge is 0.157 e. The van der Waals surface area contributed by atoms with Gasteiger partial charge in [0.1, 0.15) is 10.7 Å². The van der Waals surface area contributed by atoms with E-state index in [1.54, 1.807) is 12.4 Å². The third-order valence-electron chi connectivity index (χ3n) is 3.43. The number of likely N-dealkylation sites (N-methyl/N-ethyl adjacent to an activating group) is 2. The lowest BCUT2D eigenvalue weighted by Crippen LogP contribution is -2.37. The van der Waals surface area contributed by atoms with Gasteiger partial charge in [-0.1, -0.05) is 12.2 Å². The zero-order chi connectivity index (χ0) is 13.1. The van der Waals surface area contributed by atoms with Crippen LogP contribution in [0.4, 0.5) is 5.82 Å². The third-order valence-corrected chi connectivity index (χ3v) is 3.62. The number of thiocarbonyl (C=S) groups is 1. The first kappa shape index (κ1) is 13.2. The highest BCUT2D eigenvalue weighted by Gasteiger charge is 2.23. The van der Waals surface area contributed by atoms with Gasteiger partial charge in [0.2, 0.25) is 0 Å². The Labute approximate surface area is 113 Å². The molecule has 0 amide bonds. The molecule has 5 nitrogen and oxygen atoms in total. The fourth-order valence-electron chi connectivity index (χ4n) is 2.40. The Bertz CT molecular complexity index is 436. The summed E-state index contributed by atoms with van der Waals surface area (Å²) < 4.78 is 0. The summed E-state index contributed by atoms with van der Waals surface area (Å²) in [4.78, 5) is 13.3. The van der Waals surface area contributed by atoms with E-state index in [-0.39, 0.29) is 0 Å². The van der Waals surface area contributed by atoms with Gasteiger partial charge in [-0.25, -0.2) is 9.97 Å². The van der Waals surface area contributed by atoms with Crippen LogP contribution in [0.15, 0.2) is 12.4 Å². The topological polar surface area (TPSA) is 58.3 Å². The first-order valence-corrected chi connectivity index (χ1v) is 6.52. The summed E-state index contributed by atoms with van der Waals surface area (Å²) in [6.07, 6.45) is 5.78. The Balaban J connectivity index is 2.13. The third kappa shape index (κ3) is 2.76. The maximum Gasteiger partial charge on any atom is 0.157 e. The van der Waals surface area contributed by atoms with Gasteiger partial charge in [0, 0.05) is 32.0 Å². The quantitative estimate of drug-likeness (QED) is 0.806. The molecule has 2 heterocycles. The van der Waals surface area contributed by atoms with Crippen LogP contribution in [0.5, 0.6) is 0 Å². The highest BCUT2D eigenvalue weighted by molar-refractivity contribution is 7.80. The highest BCUT2D eigenvalue weighted by Crippen LogP contribution is 2.19. The van der Waals surface area contributed by atoms with Crippen molar-refractivity contribution in [2.75, 3.05) is 32.1 Å². The van der Waals surface area contributed by atoms with Crippen molar-refractivity contribution in [3.8, 4) is 0 Å². The van der Waals surface area contributed by atoms with Crippen LogP contribution in [0.2, 0.25) is 0 Å². The predicted molar refractivity (Wildman–Crippen MR) is 76.8 cm³/mol. The molecule has 1 aromatic heterocycles. The molecule has 1 aliphatic rings. The SMILES string of the molecule is CN(CC1CCCN1C)c1nccnc1C(N)=S. The van der Waals surface area contributed by atoms with Crippen LogP contribution < -0.4 is 10.6 Å². The van der Waals surface area contributed by atoms with E-state index in [0.29, 0.717) is 16.7 Å². The van der Waals surface area contributed by atoms with E-state index in [0.717, 1.165) is 12.4 Å². The summed E-state index contributed by atoms with van der Waals surface area (Å²) >= 11 is 5.01. The summed E-state index contributed by atoms with van der Waals surface area (Å²) in [6, 6.07) is 0.566. The Morgan fingerprint density at radius 1 is 1.56 bits per heavy atom. The van der Waals surface area contributed by atoms with Gasteiger partial charge in [-0.15, -0.1) is 0 Å². The summed E-state index contributed by atoms with van der Waals surface area (Å²) in [5.74, 6) is 0.769. The molecular weight excluding hydrogens is 246 g/mol. The second kappa shape index (κ2) is 5.58. The zero-order valence-electron chi connectivity index (χ0n) is 10.8. The fraction of sp³-hybridized carbons (Fsp3) is 0.583. The predicted octanol–water partition coefficient (Wildman–Crippen LogP) is 0.641. The number of rotatable bonds is 4. The Hall–Kier alpha value is -1.27. The minimum Gasteiger partial charge on any atom is -0.388 e. The second-order valence-electron chi connectivity index (χ2n) is 4.75. The van der Waals surface area contributed by atoms with Crippen LogP contribution in [-0.2, 0) is 0 Å². The van der Waals surface area contributed by atoms with Gasteiger partial charge < -0.3 is 15.5 Å². The van der Waals surface area contributed by atoms with Crippen molar-refractivity contribution in [1.82, 2.24) is 14.9 Å². The van der Waals surface area contributed by atoms with E-state index < -0.39 is 0 Å². The van der Waals surface area contributed by atoms with E-state index >= 15 is 0 Å². The first-order valence-electron chi connectivity index (χ1n) is 6.11. The van der Waals surface area contributed by atoms with Crippen molar-refractivity contribution >= 4 is 23.0 Å². The fourth-order valence-corrected chi connectivity index (χ4v) is 2.54. The van der Waals surface area contributed by atoms with Crippen LogP contribution in [0.1, 0.15) is 18.5 Å². The van der Waals surface area contributed by atoms with Crippen molar-refractivity contribution in [2.24, 2.45) is 5.73 Å². The number of aromatic nitrogens is 2. The summed E-state index contributed by atoms with van der Waals surface area (Å²) in [7, 11) is 4.18. The van der Waals surface area contributed by atoms with Crippen LogP contribution in [0.3, 0.4) is 0 Å². The maximum atomic E-state index is 5.68. The van der Waals surface area contributed by atoms with E-state index in [1.807, 2.05) is 7.05 Å². The molecule has 6 heteroatoms. The summed E-state index contributed by atoms with van der Waals surface area (Å²) in [5.41, 5.74) is 6.29. The lowest BCUT2D eigenvalue weighted by Gasteiger charge is -2.27. The van der Waals surface area contributed by atoms with Gasteiger partial charge in [-0.05, 0) is 26.4 Å². The minimum absolute atomic E-state index is 0.296. The molecule has 1 saturated heterocycles. The van der Waals surface area contributed by atoms with Crippen molar-refractivity contribution in [3.63, 3.8) is 0 Å². The van der Waals surface area contributed by atoms with Crippen molar-refractivity contribution < 1.29 is 0 Å². The largest absolute Gasteiger partial charge is 0.388 e. The summed E-state index contributed by atoms with van der Waals surface area (Å²) in [6.45, 7) is 2.09. The van der Waals surface area contributed by atoms with Gasteiger partial charge in [-0.3, -0.25) is 0 Å². The van der Waals surface area contributed by atoms with Gasteiger partial charge in [0.25, 0.3) is 0 Å². The number of hydrogen-bond donors (Lipinski definition) is 1. The average Bonchev–Trinajstić information content (AvgIpc) is 2.75. The highest BCUT2D eigenvalue weighted by atomic mass is 32.1. The molecule has 1 unspecified atom stereocenters. The molecule has 1 aromatic rings. The van der Waals surface area contributed by atoms with Crippen molar-refractivity contribution in [1.29, 1.82) is 0 Å². The number of hydrogen-bond acceptors (Lipinski definition) is 5. The second-order valence-corrected chi connectivity index (χ2v) is 5.19. The van der Waals surface area contributed by atoms with Gasteiger partial charge in [-0.2, -0.15) is 0 Å². The molecule has 0 saturated carbocycles. The molecule has 0 spiro atoms. The molecule has 0 bridgehead atoms. The number of nitrogens with two attached hydrogens (primary N) is 1. The van der Waals surface area contributed by atoms with Gasteiger partial charge >= 0.3 is 0 Å². The number of anilines is 1. The number of nitrogens with zero attached hydrogens (tertiary/aromatic N) is 4. The molecule has 98 valence electrons. The monoisotopic (exact) mass is 265 g/mol. The van der Waals surface area contributed by atoms with Crippen LogP contribution in [0.25, 0.3) is 0 Å². The minimum atomic E-state index is 0.296. The van der Waals surface area contributed by atoms with Crippen LogP contribution >= 0.6 is 12.2 Å². The molecule has 2 rings (SSSR count). The van der Waals surface area contributed by atoms with Crippen molar-refractivity contribution in [3.05, 3.63) is 18.1 Å². The maximum absolute atomic E-state index is 5.68. The van der Waals surface area contributed by atoms with Crippen molar-refractivity contribution in [2.45, 2.75) is 18.9 Å². The Morgan fingerprint density at radius 2 is 2.28 bits per heavy atom. The molecule has 18 heavy (non-hydrogen) atoms. The van der Waals surface area contributed by atoms with Gasteiger partial charge in [0.05, 0.1) is 0 Å². The normalized spacial score (nSPS) is 20.0. The average molecular weight is 265 g/mol. The number of likely N-dealkylation sites (tertiary alicyclic amines) is 1. The van der Waals surface area contributed by atoms with Gasteiger partial charge in [0.15, 0.2) is 5.82 Å². The van der Waals surface area contributed by atoms with Crippen LogP contribution in [-0.4, -0.2) is 53.1 Å². The standard InChI is InChI=1S/C12H19N5S/c1-16-7-3-4-9(16)8-17(2)12-10(11(13)18)14-5-6-15-12/h5-6,9H,3-4,7-8H2,1-2H3,(H2,13,18). The molecular formula is C12H19N5S. The molecule has 1 fully saturated rings. The van der Waals surface area contributed by atoms with E-state index in [9.17, 15) is 0 Å². The molecule has 0 aromatic carbocycles. The lowest BCUT2D eigenvalue weighted by molar-refractivity contribution is 0.314. The molecule has 0 aliphatic carbocycles. The molecule has 1 aliphatic heterocycles. The Morgan fingerprint density at radius 3 is 2.89 bits per heavy atom. The van der Waals surface area contributed by atoms with E-state index in [2.05, 4.69) is 26.8 Å².